The van der Waals surface area contributed by atoms with Crippen molar-refractivity contribution in [1.29, 1.82) is 0 Å². The molecule has 0 aliphatic rings. The summed E-state index contributed by atoms with van der Waals surface area (Å²) in [6.07, 6.45) is 0.287. The molecule has 3 aromatic carbocycles. The molecular formula is C28H33FN2O4. The summed E-state index contributed by atoms with van der Waals surface area (Å²) in [5.74, 6) is 0.351. The number of para-hydroxylation sites is 2. The van der Waals surface area contributed by atoms with Crippen LogP contribution in [0, 0.1) is 6.92 Å². The molecule has 0 saturated heterocycles. The highest BCUT2D eigenvalue weighted by Gasteiger charge is 2.17. The molecule has 0 aromatic heterocycles. The fourth-order valence-corrected chi connectivity index (χ4v) is 3.80. The smallest absolute Gasteiger partial charge is 0.320 e. The molecule has 0 bridgehead atoms. The monoisotopic (exact) mass is 480 g/mol. The van der Waals surface area contributed by atoms with Crippen molar-refractivity contribution in [2.45, 2.75) is 39.1 Å². The van der Waals surface area contributed by atoms with E-state index in [0.717, 1.165) is 22.4 Å². The molecule has 0 radical (unpaired) electrons. The molecule has 3 aromatic rings. The van der Waals surface area contributed by atoms with Gasteiger partial charge in [0, 0.05) is 30.8 Å². The van der Waals surface area contributed by atoms with E-state index in [1.807, 2.05) is 73.7 Å². The quantitative estimate of drug-likeness (QED) is 0.347. The maximum absolute atomic E-state index is 12.7. The number of nitrogens with two attached hydrogens (primary N) is 1. The van der Waals surface area contributed by atoms with Gasteiger partial charge in [-0.25, -0.2) is 4.39 Å². The third kappa shape index (κ3) is 8.38. The van der Waals surface area contributed by atoms with Crippen LogP contribution < -0.4 is 15.2 Å². The van der Waals surface area contributed by atoms with E-state index in [1.165, 1.54) is 5.56 Å². The van der Waals surface area contributed by atoms with Crippen LogP contribution in [0.25, 0.3) is 0 Å². The molecule has 1 atom stereocenters. The topological polar surface area (TPSA) is 85.0 Å². The van der Waals surface area contributed by atoms with Crippen LogP contribution in [0.3, 0.4) is 0 Å². The van der Waals surface area contributed by atoms with Gasteiger partial charge in [0.25, 0.3) is 0 Å². The van der Waals surface area contributed by atoms with Gasteiger partial charge in [-0.05, 0) is 31.0 Å². The molecule has 0 aliphatic heterocycles. The summed E-state index contributed by atoms with van der Waals surface area (Å²) in [6, 6.07) is 22.5. The summed E-state index contributed by atoms with van der Waals surface area (Å²) in [5.41, 5.74) is 9.91. The Morgan fingerprint density at radius 2 is 1.60 bits per heavy atom. The first kappa shape index (κ1) is 26.2. The zero-order valence-corrected chi connectivity index (χ0v) is 20.0. The van der Waals surface area contributed by atoms with E-state index in [9.17, 15) is 14.3 Å². The maximum atomic E-state index is 12.7. The fourth-order valence-electron chi connectivity index (χ4n) is 3.80. The van der Waals surface area contributed by atoms with Crippen molar-refractivity contribution in [2.24, 2.45) is 5.73 Å². The molecule has 6 nitrogen and oxygen atoms in total. The molecule has 0 heterocycles. The zero-order chi connectivity index (χ0) is 25.0. The number of aliphatic carboxylic acids is 1. The molecule has 3 N–H and O–H groups in total. The average molecular weight is 481 g/mol. The third-order valence-electron chi connectivity index (χ3n) is 5.62. The minimum atomic E-state index is -1.03. The molecule has 0 saturated carbocycles. The van der Waals surface area contributed by atoms with E-state index in [-0.39, 0.29) is 13.0 Å². The molecule has 3 rings (SSSR count). The van der Waals surface area contributed by atoms with Gasteiger partial charge in [0.1, 0.15) is 37.4 Å². The normalized spacial score (nSPS) is 11.9. The summed E-state index contributed by atoms with van der Waals surface area (Å²) < 4.78 is 24.4. The van der Waals surface area contributed by atoms with E-state index in [0.29, 0.717) is 32.0 Å². The largest absolute Gasteiger partial charge is 0.491 e. The van der Waals surface area contributed by atoms with E-state index in [2.05, 4.69) is 11.0 Å². The minimum Gasteiger partial charge on any atom is -0.491 e. The van der Waals surface area contributed by atoms with E-state index >= 15 is 0 Å². The first-order valence-electron chi connectivity index (χ1n) is 11.7. The van der Waals surface area contributed by atoms with Gasteiger partial charge in [-0.2, -0.15) is 0 Å². The molecule has 0 aliphatic carbocycles. The van der Waals surface area contributed by atoms with Crippen LogP contribution >= 0.6 is 0 Å². The summed E-state index contributed by atoms with van der Waals surface area (Å²) in [5, 5.41) is 9.24. The number of alkyl halides is 1. The van der Waals surface area contributed by atoms with Crippen molar-refractivity contribution in [3.05, 3.63) is 95.1 Å². The Morgan fingerprint density at radius 3 is 2.20 bits per heavy atom. The van der Waals surface area contributed by atoms with Gasteiger partial charge in [0.05, 0.1) is 0 Å². The van der Waals surface area contributed by atoms with Gasteiger partial charge in [-0.15, -0.1) is 0 Å². The van der Waals surface area contributed by atoms with Crippen LogP contribution in [0.5, 0.6) is 11.5 Å². The molecule has 186 valence electrons. The van der Waals surface area contributed by atoms with Gasteiger partial charge in [-0.1, -0.05) is 66.2 Å². The first-order valence-corrected chi connectivity index (χ1v) is 11.7. The van der Waals surface area contributed by atoms with Crippen LogP contribution in [0.2, 0.25) is 0 Å². The second kappa shape index (κ2) is 13.5. The molecule has 0 fully saturated rings. The first-order chi connectivity index (χ1) is 17.0. The van der Waals surface area contributed by atoms with E-state index in [1.54, 1.807) is 0 Å². The highest BCUT2D eigenvalue weighted by atomic mass is 19.1. The second-order valence-corrected chi connectivity index (χ2v) is 8.47. The number of carboxylic acid groups (broad SMARTS) is 1. The number of rotatable bonds is 14. The van der Waals surface area contributed by atoms with Crippen molar-refractivity contribution in [2.75, 3.05) is 19.8 Å². The Bertz CT molecular complexity index is 1090. The summed E-state index contributed by atoms with van der Waals surface area (Å²) in [4.78, 5) is 13.4. The lowest BCUT2D eigenvalue weighted by Crippen LogP contribution is -2.35. The molecular weight excluding hydrogens is 447 g/mol. The Morgan fingerprint density at radius 1 is 0.971 bits per heavy atom. The maximum Gasteiger partial charge on any atom is 0.320 e. The SMILES string of the molecule is Cc1cccc(COc2ccccc2CN(CCC(N)C(=O)O)Cc2ccccc2OCCF)c1. The van der Waals surface area contributed by atoms with E-state index in [4.69, 9.17) is 15.2 Å². The summed E-state index contributed by atoms with van der Waals surface area (Å²) in [7, 11) is 0. The van der Waals surface area contributed by atoms with Crippen molar-refractivity contribution >= 4 is 5.97 Å². The highest BCUT2D eigenvalue weighted by Crippen LogP contribution is 2.25. The molecule has 35 heavy (non-hydrogen) atoms. The lowest BCUT2D eigenvalue weighted by atomic mass is 10.1. The molecule has 7 heteroatoms. The van der Waals surface area contributed by atoms with Gasteiger partial charge >= 0.3 is 5.97 Å². The van der Waals surface area contributed by atoms with Gasteiger partial charge in [-0.3, -0.25) is 9.69 Å². The number of carbonyl (C=O) groups is 1. The predicted molar refractivity (Wildman–Crippen MR) is 134 cm³/mol. The van der Waals surface area contributed by atoms with Crippen LogP contribution in [0.4, 0.5) is 4.39 Å². The summed E-state index contributed by atoms with van der Waals surface area (Å²) in [6.45, 7) is 3.37. The Hall–Kier alpha value is -3.42. The standard InChI is InChI=1S/C28H33FN2O4/c1-21-7-6-8-22(17-21)20-35-27-12-5-3-10-24(27)19-31(15-13-25(30)28(32)33)18-23-9-2-4-11-26(23)34-16-14-29/h2-12,17,25H,13-16,18-20,30H2,1H3,(H,32,33). The second-order valence-electron chi connectivity index (χ2n) is 8.47. The minimum absolute atomic E-state index is 0.0173. The number of carboxylic acids is 1. The fraction of sp³-hybridized carbons (Fsp3) is 0.321. The highest BCUT2D eigenvalue weighted by molar-refractivity contribution is 5.73. The lowest BCUT2D eigenvalue weighted by Gasteiger charge is -2.25. The molecule has 1 unspecified atom stereocenters. The van der Waals surface area contributed by atoms with Gasteiger partial charge in [0.2, 0.25) is 0 Å². The van der Waals surface area contributed by atoms with Crippen LogP contribution in [-0.2, 0) is 24.5 Å². The number of aryl methyl sites for hydroxylation is 1. The van der Waals surface area contributed by atoms with E-state index < -0.39 is 18.7 Å². The van der Waals surface area contributed by atoms with Gasteiger partial charge in [0.15, 0.2) is 0 Å². The number of hydrogen-bond donors (Lipinski definition) is 2. The number of nitrogens with zero attached hydrogens (tertiary/aromatic N) is 1. The number of benzene rings is 3. The van der Waals surface area contributed by atoms with Crippen molar-refractivity contribution in [3.8, 4) is 11.5 Å². The van der Waals surface area contributed by atoms with Crippen LogP contribution in [0.15, 0.2) is 72.8 Å². The summed E-state index contributed by atoms with van der Waals surface area (Å²) >= 11 is 0. The average Bonchev–Trinajstić information content (AvgIpc) is 2.86. The number of ether oxygens (including phenoxy) is 2. The molecule has 0 spiro atoms. The Kier molecular flexibility index (Phi) is 10.1. The van der Waals surface area contributed by atoms with Crippen molar-refractivity contribution in [1.82, 2.24) is 4.90 Å². The lowest BCUT2D eigenvalue weighted by molar-refractivity contribution is -0.138. The molecule has 0 amide bonds. The number of hydrogen-bond acceptors (Lipinski definition) is 5. The van der Waals surface area contributed by atoms with Crippen LogP contribution in [-0.4, -0.2) is 41.8 Å². The van der Waals surface area contributed by atoms with Gasteiger partial charge < -0.3 is 20.3 Å². The Labute approximate surface area is 206 Å². The number of halogens is 1. The van der Waals surface area contributed by atoms with Crippen LogP contribution in [0.1, 0.15) is 28.7 Å². The predicted octanol–water partition coefficient (Wildman–Crippen LogP) is 4.73. The third-order valence-corrected chi connectivity index (χ3v) is 5.62. The van der Waals surface area contributed by atoms with Crippen molar-refractivity contribution < 1.29 is 23.8 Å². The van der Waals surface area contributed by atoms with Crippen molar-refractivity contribution in [3.63, 3.8) is 0 Å². The Balaban J connectivity index is 1.78. The zero-order valence-electron chi connectivity index (χ0n) is 20.0.